The van der Waals surface area contributed by atoms with E-state index in [1.54, 1.807) is 0 Å². The van der Waals surface area contributed by atoms with Gasteiger partial charge in [0.2, 0.25) is 5.91 Å². The number of nitrogens with zero attached hydrogens (tertiary/aromatic N) is 1. The fourth-order valence-corrected chi connectivity index (χ4v) is 4.54. The van der Waals surface area contributed by atoms with Crippen molar-refractivity contribution in [2.24, 2.45) is 0 Å². The average molecular weight is 507 g/mol. The molecule has 1 amide bonds. The molecule has 186 valence electrons. The molecule has 35 heavy (non-hydrogen) atoms. The summed E-state index contributed by atoms with van der Waals surface area (Å²) >= 11 is 0. The van der Waals surface area contributed by atoms with Gasteiger partial charge in [0.15, 0.2) is 11.5 Å². The van der Waals surface area contributed by atoms with Gasteiger partial charge in [-0.3, -0.25) is 9.10 Å². The summed E-state index contributed by atoms with van der Waals surface area (Å²) < 4.78 is 70.0. The van der Waals surface area contributed by atoms with Gasteiger partial charge in [-0.2, -0.15) is 0 Å². The molecule has 11 heteroatoms. The maximum absolute atomic E-state index is 13.5. The monoisotopic (exact) mass is 506 g/mol. The van der Waals surface area contributed by atoms with Crippen molar-refractivity contribution in [3.63, 3.8) is 0 Å². The van der Waals surface area contributed by atoms with Crippen LogP contribution in [0.25, 0.3) is 0 Å². The predicted octanol–water partition coefficient (Wildman–Crippen LogP) is 3.37. The van der Waals surface area contributed by atoms with E-state index in [1.165, 1.54) is 68.8 Å². The zero-order valence-electron chi connectivity index (χ0n) is 19.0. The molecule has 0 bridgehead atoms. The molecule has 1 N–H and O–H groups in total. The third kappa shape index (κ3) is 6.60. The zero-order chi connectivity index (χ0) is 25.4. The first-order valence-corrected chi connectivity index (χ1v) is 11.8. The highest BCUT2D eigenvalue weighted by Gasteiger charge is 2.28. The number of amides is 1. The molecule has 0 aliphatic rings. The Kier molecular flexibility index (Phi) is 8.48. The van der Waals surface area contributed by atoms with Crippen molar-refractivity contribution in [2.75, 3.05) is 38.2 Å². The van der Waals surface area contributed by atoms with Crippen LogP contribution in [0.2, 0.25) is 0 Å². The highest BCUT2D eigenvalue weighted by molar-refractivity contribution is 7.92. The lowest BCUT2D eigenvalue weighted by atomic mass is 10.3. The Morgan fingerprint density at radius 3 is 2.09 bits per heavy atom. The fraction of sp³-hybridized carbons (Fsp3) is 0.208. The van der Waals surface area contributed by atoms with Crippen molar-refractivity contribution in [3.05, 3.63) is 78.4 Å². The van der Waals surface area contributed by atoms with Crippen LogP contribution in [0.5, 0.6) is 17.2 Å². The number of sulfonamides is 1. The highest BCUT2D eigenvalue weighted by Crippen LogP contribution is 2.32. The zero-order valence-corrected chi connectivity index (χ0v) is 19.8. The maximum Gasteiger partial charge on any atom is 0.264 e. The summed E-state index contributed by atoms with van der Waals surface area (Å²) in [5.74, 6) is -0.624. The molecule has 0 unspecified atom stereocenters. The first kappa shape index (κ1) is 25.8. The number of halogens is 2. The Bertz CT molecular complexity index is 1250. The SMILES string of the molecule is COc1ccc(S(=O)(=O)N(CC(=O)NCCOc2ccc(F)cc2)c2ccc(F)cc2)cc1OC. The Morgan fingerprint density at radius 2 is 1.49 bits per heavy atom. The Balaban J connectivity index is 1.76. The lowest BCUT2D eigenvalue weighted by Gasteiger charge is -2.24. The van der Waals surface area contributed by atoms with Gasteiger partial charge in [-0.1, -0.05) is 0 Å². The van der Waals surface area contributed by atoms with Gasteiger partial charge in [0, 0.05) is 6.07 Å². The molecule has 0 spiro atoms. The number of ether oxygens (including phenoxy) is 3. The van der Waals surface area contributed by atoms with E-state index in [2.05, 4.69) is 5.32 Å². The minimum atomic E-state index is -4.25. The Labute approximate surface area is 202 Å². The molecule has 0 radical (unpaired) electrons. The summed E-state index contributed by atoms with van der Waals surface area (Å²) in [6.45, 7) is -0.418. The number of benzene rings is 3. The summed E-state index contributed by atoms with van der Waals surface area (Å²) in [4.78, 5) is 12.5. The number of rotatable bonds is 11. The van der Waals surface area contributed by atoms with Gasteiger partial charge in [0.25, 0.3) is 10.0 Å². The molecule has 0 saturated carbocycles. The fourth-order valence-electron chi connectivity index (χ4n) is 3.10. The minimum Gasteiger partial charge on any atom is -0.493 e. The van der Waals surface area contributed by atoms with E-state index in [-0.39, 0.29) is 29.5 Å². The van der Waals surface area contributed by atoms with Crippen LogP contribution >= 0.6 is 0 Å². The van der Waals surface area contributed by atoms with Gasteiger partial charge in [-0.15, -0.1) is 0 Å². The molecular weight excluding hydrogens is 482 g/mol. The van der Waals surface area contributed by atoms with E-state index in [0.717, 1.165) is 16.4 Å². The van der Waals surface area contributed by atoms with Crippen molar-refractivity contribution in [3.8, 4) is 17.2 Å². The molecule has 0 saturated heterocycles. The maximum atomic E-state index is 13.5. The third-order valence-corrected chi connectivity index (χ3v) is 6.62. The van der Waals surface area contributed by atoms with Crippen LogP contribution in [-0.4, -0.2) is 48.2 Å². The normalized spacial score (nSPS) is 11.0. The van der Waals surface area contributed by atoms with Gasteiger partial charge >= 0.3 is 0 Å². The van der Waals surface area contributed by atoms with Crippen molar-refractivity contribution in [2.45, 2.75) is 4.90 Å². The topological polar surface area (TPSA) is 94.2 Å². The molecule has 3 aromatic carbocycles. The molecule has 0 aliphatic heterocycles. The molecule has 3 aromatic rings. The van der Waals surface area contributed by atoms with Crippen LogP contribution < -0.4 is 23.8 Å². The number of carbonyl (C=O) groups excluding carboxylic acids is 1. The second-order valence-corrected chi connectivity index (χ2v) is 9.02. The molecule has 8 nitrogen and oxygen atoms in total. The standard InChI is InChI=1S/C24H24F2N2O6S/c1-32-22-12-11-21(15-23(22)33-2)35(30,31)28(19-7-3-17(25)4-8-19)16-24(29)27-13-14-34-20-9-5-18(26)6-10-20/h3-12,15H,13-14,16H2,1-2H3,(H,27,29). The number of carbonyl (C=O) groups is 1. The van der Waals surface area contributed by atoms with E-state index >= 15 is 0 Å². The Morgan fingerprint density at radius 1 is 0.886 bits per heavy atom. The molecule has 0 atom stereocenters. The van der Waals surface area contributed by atoms with E-state index in [0.29, 0.717) is 11.5 Å². The van der Waals surface area contributed by atoms with Crippen molar-refractivity contribution >= 4 is 21.6 Å². The Hall–Kier alpha value is -3.86. The number of hydrogen-bond acceptors (Lipinski definition) is 6. The van der Waals surface area contributed by atoms with Gasteiger partial charge in [-0.25, -0.2) is 17.2 Å². The van der Waals surface area contributed by atoms with E-state index in [9.17, 15) is 22.0 Å². The molecule has 0 aliphatic carbocycles. The summed E-state index contributed by atoms with van der Waals surface area (Å²) in [5, 5.41) is 2.58. The summed E-state index contributed by atoms with van der Waals surface area (Å²) in [5.41, 5.74) is 0.0962. The highest BCUT2D eigenvalue weighted by atomic mass is 32.2. The number of nitrogens with one attached hydrogen (secondary N) is 1. The van der Waals surface area contributed by atoms with Crippen LogP contribution in [0.3, 0.4) is 0 Å². The van der Waals surface area contributed by atoms with Crippen LogP contribution in [0.15, 0.2) is 71.6 Å². The molecule has 0 aromatic heterocycles. The molecule has 0 heterocycles. The second-order valence-electron chi connectivity index (χ2n) is 7.16. The van der Waals surface area contributed by atoms with Gasteiger partial charge in [-0.05, 0) is 60.7 Å². The second kappa shape index (κ2) is 11.5. The number of methoxy groups -OCH3 is 2. The van der Waals surface area contributed by atoms with Crippen molar-refractivity contribution in [1.82, 2.24) is 5.32 Å². The number of anilines is 1. The van der Waals surface area contributed by atoms with Crippen LogP contribution in [-0.2, 0) is 14.8 Å². The van der Waals surface area contributed by atoms with Gasteiger partial charge in [0.05, 0.1) is 31.3 Å². The first-order chi connectivity index (χ1) is 16.7. The van der Waals surface area contributed by atoms with Crippen LogP contribution in [0.4, 0.5) is 14.5 Å². The minimum absolute atomic E-state index is 0.0733. The smallest absolute Gasteiger partial charge is 0.264 e. The van der Waals surface area contributed by atoms with E-state index in [4.69, 9.17) is 14.2 Å². The number of hydrogen-bond donors (Lipinski definition) is 1. The van der Waals surface area contributed by atoms with Crippen molar-refractivity contribution < 1.29 is 36.2 Å². The molecule has 3 rings (SSSR count). The lowest BCUT2D eigenvalue weighted by Crippen LogP contribution is -2.42. The summed E-state index contributed by atoms with van der Waals surface area (Å²) in [6, 6.07) is 14.1. The predicted molar refractivity (Wildman–Crippen MR) is 125 cm³/mol. The van der Waals surface area contributed by atoms with Crippen molar-refractivity contribution in [1.29, 1.82) is 0 Å². The third-order valence-electron chi connectivity index (χ3n) is 4.85. The largest absolute Gasteiger partial charge is 0.493 e. The van der Waals surface area contributed by atoms with Gasteiger partial charge in [0.1, 0.15) is 30.5 Å². The average Bonchev–Trinajstić information content (AvgIpc) is 2.86. The van der Waals surface area contributed by atoms with Crippen LogP contribution in [0, 0.1) is 11.6 Å². The van der Waals surface area contributed by atoms with Crippen LogP contribution in [0.1, 0.15) is 0 Å². The molecule has 0 fully saturated rings. The van der Waals surface area contributed by atoms with Gasteiger partial charge < -0.3 is 19.5 Å². The quantitative estimate of drug-likeness (QED) is 0.401. The lowest BCUT2D eigenvalue weighted by molar-refractivity contribution is -0.119. The summed E-state index contributed by atoms with van der Waals surface area (Å²) in [6.07, 6.45) is 0. The van der Waals surface area contributed by atoms with E-state index < -0.39 is 34.1 Å². The molecular formula is C24H24F2N2O6S. The van der Waals surface area contributed by atoms with E-state index in [1.807, 2.05) is 0 Å². The first-order valence-electron chi connectivity index (χ1n) is 10.4. The summed E-state index contributed by atoms with van der Waals surface area (Å²) in [7, 11) is -1.46.